The first kappa shape index (κ1) is 16.7. The van der Waals surface area contributed by atoms with Gasteiger partial charge in [0.15, 0.2) is 0 Å². The van der Waals surface area contributed by atoms with Crippen molar-refractivity contribution in [1.82, 2.24) is 15.1 Å². The zero-order chi connectivity index (χ0) is 17.2. The normalized spacial score (nSPS) is 13.6. The molecule has 0 fully saturated rings. The highest BCUT2D eigenvalue weighted by molar-refractivity contribution is 5.76. The number of rotatable bonds is 6. The van der Waals surface area contributed by atoms with Crippen LogP contribution in [0, 0.1) is 24.0 Å². The molecule has 2 N–H and O–H groups in total. The fourth-order valence-electron chi connectivity index (χ4n) is 2.24. The van der Waals surface area contributed by atoms with Crippen LogP contribution in [0.25, 0.3) is 0 Å². The van der Waals surface area contributed by atoms with Crippen molar-refractivity contribution in [3.8, 4) is 0 Å². The summed E-state index contributed by atoms with van der Waals surface area (Å²) in [5.41, 5.74) is -0.885. The van der Waals surface area contributed by atoms with Crippen LogP contribution in [0.2, 0.25) is 0 Å². The van der Waals surface area contributed by atoms with E-state index in [0.717, 1.165) is 0 Å². The Balaban J connectivity index is 2.01. The molecule has 23 heavy (non-hydrogen) atoms. The monoisotopic (exact) mass is 322 g/mol. The third-order valence-electron chi connectivity index (χ3n) is 3.50. The van der Waals surface area contributed by atoms with Crippen LogP contribution < -0.4 is 5.32 Å². The zero-order valence-electron chi connectivity index (χ0n) is 13.1. The number of carbonyl (C=O) groups is 1. The van der Waals surface area contributed by atoms with Gasteiger partial charge in [-0.1, -0.05) is 0 Å². The highest BCUT2D eigenvalue weighted by Crippen LogP contribution is 2.22. The summed E-state index contributed by atoms with van der Waals surface area (Å²) in [5, 5.41) is 27.7. The van der Waals surface area contributed by atoms with E-state index in [0.29, 0.717) is 11.5 Å². The van der Waals surface area contributed by atoms with E-state index < -0.39 is 16.4 Å². The smallest absolute Gasteiger partial charge is 0.312 e. The van der Waals surface area contributed by atoms with Gasteiger partial charge in [0.05, 0.1) is 17.7 Å². The molecule has 9 nitrogen and oxygen atoms in total. The second-order valence-electron chi connectivity index (χ2n) is 5.46. The van der Waals surface area contributed by atoms with Crippen molar-refractivity contribution in [3.05, 3.63) is 45.7 Å². The number of nitrogens with zero attached hydrogens (tertiary/aromatic N) is 3. The van der Waals surface area contributed by atoms with Gasteiger partial charge in [-0.15, -0.1) is 0 Å². The Bertz CT molecular complexity index is 718. The van der Waals surface area contributed by atoms with E-state index in [4.69, 9.17) is 4.42 Å². The van der Waals surface area contributed by atoms with Crippen molar-refractivity contribution in [2.45, 2.75) is 32.9 Å². The minimum absolute atomic E-state index is 0.0548. The number of hydrogen-bond donors (Lipinski definition) is 2. The Labute approximate surface area is 132 Å². The Kier molecular flexibility index (Phi) is 4.50. The summed E-state index contributed by atoms with van der Waals surface area (Å²) in [6.07, 6.45) is 1.43. The number of aliphatic hydroxyl groups is 1. The number of aryl methyl sites for hydroxylation is 1. The van der Waals surface area contributed by atoms with Crippen molar-refractivity contribution in [1.29, 1.82) is 0 Å². The molecular weight excluding hydrogens is 304 g/mol. The molecule has 0 bridgehead atoms. The van der Waals surface area contributed by atoms with Gasteiger partial charge in [0, 0.05) is 0 Å². The number of furan rings is 1. The first-order valence-corrected chi connectivity index (χ1v) is 6.94. The average Bonchev–Trinajstić information content (AvgIpc) is 3.06. The molecule has 0 aromatic carbocycles. The lowest BCUT2D eigenvalue weighted by atomic mass is 10.0. The first-order valence-electron chi connectivity index (χ1n) is 6.94. The molecule has 124 valence electrons. The molecule has 2 aromatic heterocycles. The lowest BCUT2D eigenvalue weighted by Crippen LogP contribution is -2.40. The summed E-state index contributed by atoms with van der Waals surface area (Å²) in [7, 11) is 0. The zero-order valence-corrected chi connectivity index (χ0v) is 13.1. The van der Waals surface area contributed by atoms with Gasteiger partial charge >= 0.3 is 5.69 Å². The number of aromatic nitrogens is 2. The fraction of sp³-hybridized carbons (Fsp3) is 0.429. The molecule has 1 unspecified atom stereocenters. The maximum Gasteiger partial charge on any atom is 0.312 e. The molecule has 2 rings (SSSR count). The van der Waals surface area contributed by atoms with Gasteiger partial charge in [-0.3, -0.25) is 19.6 Å². The van der Waals surface area contributed by atoms with E-state index in [-0.39, 0.29) is 24.5 Å². The third kappa shape index (κ3) is 3.57. The van der Waals surface area contributed by atoms with Crippen LogP contribution in [0.4, 0.5) is 5.69 Å². The van der Waals surface area contributed by atoms with Gasteiger partial charge in [-0.2, -0.15) is 5.10 Å². The maximum atomic E-state index is 12.0. The molecule has 2 aromatic rings. The summed E-state index contributed by atoms with van der Waals surface area (Å²) in [6, 6.07) is 3.25. The van der Waals surface area contributed by atoms with Gasteiger partial charge in [-0.05, 0) is 32.9 Å². The Morgan fingerprint density at radius 2 is 2.26 bits per heavy atom. The molecule has 0 saturated carbocycles. The van der Waals surface area contributed by atoms with Gasteiger partial charge in [0.1, 0.15) is 29.3 Å². The largest absolute Gasteiger partial charge is 0.466 e. The van der Waals surface area contributed by atoms with Crippen molar-refractivity contribution < 1.29 is 19.2 Å². The van der Waals surface area contributed by atoms with Crippen LogP contribution in [0.1, 0.15) is 24.1 Å². The summed E-state index contributed by atoms with van der Waals surface area (Å²) >= 11 is 0. The summed E-state index contributed by atoms with van der Waals surface area (Å²) in [5.74, 6) is -0.0862. The van der Waals surface area contributed by atoms with Crippen LogP contribution in [0.5, 0.6) is 0 Å². The molecule has 1 amide bonds. The minimum atomic E-state index is -1.35. The molecule has 0 spiro atoms. The summed E-state index contributed by atoms with van der Waals surface area (Å²) in [6.45, 7) is 4.33. The lowest BCUT2D eigenvalue weighted by Gasteiger charge is -2.21. The van der Waals surface area contributed by atoms with Gasteiger partial charge < -0.3 is 14.8 Å². The van der Waals surface area contributed by atoms with Crippen molar-refractivity contribution in [2.24, 2.45) is 0 Å². The number of hydrogen-bond acceptors (Lipinski definition) is 6. The minimum Gasteiger partial charge on any atom is -0.466 e. The Morgan fingerprint density at radius 1 is 1.57 bits per heavy atom. The van der Waals surface area contributed by atoms with E-state index in [9.17, 15) is 20.0 Å². The second-order valence-corrected chi connectivity index (χ2v) is 5.46. The second kappa shape index (κ2) is 6.21. The molecule has 0 saturated heterocycles. The molecule has 0 radical (unpaired) electrons. The van der Waals surface area contributed by atoms with Crippen LogP contribution in [-0.4, -0.2) is 32.3 Å². The van der Waals surface area contributed by atoms with E-state index >= 15 is 0 Å². The topological polar surface area (TPSA) is 123 Å². The number of carbonyl (C=O) groups excluding carboxylic acids is 1. The van der Waals surface area contributed by atoms with Crippen LogP contribution in [0.15, 0.2) is 22.8 Å². The average molecular weight is 322 g/mol. The predicted octanol–water partition coefficient (Wildman–Crippen LogP) is 1.03. The Hall–Kier alpha value is -2.68. The highest BCUT2D eigenvalue weighted by atomic mass is 16.6. The molecule has 0 aliphatic rings. The van der Waals surface area contributed by atoms with Crippen molar-refractivity contribution in [2.75, 3.05) is 6.54 Å². The van der Waals surface area contributed by atoms with E-state index in [2.05, 4.69) is 10.4 Å². The number of nitro groups is 1. The summed E-state index contributed by atoms with van der Waals surface area (Å²) in [4.78, 5) is 22.4. The van der Waals surface area contributed by atoms with Gasteiger partial charge in [0.25, 0.3) is 0 Å². The number of nitrogens with one attached hydrogen (secondary N) is 1. The lowest BCUT2D eigenvalue weighted by molar-refractivity contribution is -0.386. The first-order chi connectivity index (χ1) is 10.7. The predicted molar refractivity (Wildman–Crippen MR) is 79.6 cm³/mol. The Morgan fingerprint density at radius 3 is 2.78 bits per heavy atom. The number of amides is 1. The van der Waals surface area contributed by atoms with E-state index in [1.54, 1.807) is 12.1 Å². The summed E-state index contributed by atoms with van der Waals surface area (Å²) < 4.78 is 6.39. The van der Waals surface area contributed by atoms with E-state index in [1.165, 1.54) is 31.7 Å². The molecule has 0 aliphatic carbocycles. The molecule has 0 aliphatic heterocycles. The van der Waals surface area contributed by atoms with Crippen LogP contribution in [0.3, 0.4) is 0 Å². The van der Waals surface area contributed by atoms with Gasteiger partial charge in [-0.25, -0.2) is 0 Å². The third-order valence-corrected chi connectivity index (χ3v) is 3.50. The van der Waals surface area contributed by atoms with Crippen molar-refractivity contribution in [3.63, 3.8) is 0 Å². The van der Waals surface area contributed by atoms with Gasteiger partial charge in [0.2, 0.25) is 5.91 Å². The van der Waals surface area contributed by atoms with Crippen LogP contribution in [-0.2, 0) is 16.9 Å². The SMILES string of the molecule is Cc1nn(CC(=O)NCC(C)(O)c2ccco2)c(C)c1[N+](=O)[O-]. The molecular formula is C14H18N4O5. The van der Waals surface area contributed by atoms with E-state index in [1.807, 2.05) is 0 Å². The fourth-order valence-corrected chi connectivity index (χ4v) is 2.24. The highest BCUT2D eigenvalue weighted by Gasteiger charge is 2.27. The molecule has 2 heterocycles. The maximum absolute atomic E-state index is 12.0. The molecule has 9 heteroatoms. The van der Waals surface area contributed by atoms with Crippen molar-refractivity contribution >= 4 is 11.6 Å². The standard InChI is InChI=1S/C14H18N4O5/c1-9-13(18(21)22)10(2)17(16-9)7-12(19)15-8-14(3,20)11-5-4-6-23-11/h4-6,20H,7-8H2,1-3H3,(H,15,19). The van der Waals surface area contributed by atoms with Crippen LogP contribution >= 0.6 is 0 Å². The molecule has 1 atom stereocenters. The quantitative estimate of drug-likeness (QED) is 0.604.